The molecule has 0 saturated heterocycles. The molecule has 1 aromatic rings. The van der Waals surface area contributed by atoms with Crippen LogP contribution in [0, 0.1) is 0 Å². The van der Waals surface area contributed by atoms with Gasteiger partial charge in [-0.05, 0) is 24.8 Å². The van der Waals surface area contributed by atoms with Gasteiger partial charge in [-0.1, -0.05) is 102 Å². The second kappa shape index (κ2) is 13.7. The highest BCUT2D eigenvalue weighted by Crippen LogP contribution is 2.24. The molecule has 1 heterocycles. The van der Waals surface area contributed by atoms with Crippen LogP contribution in [0.15, 0.2) is 42.7 Å². The second-order valence-electron chi connectivity index (χ2n) is 8.15. The summed E-state index contributed by atoms with van der Waals surface area (Å²) in [6.07, 6.45) is 21.7. The monoisotopic (exact) mass is 370 g/mol. The Labute approximate surface area is 168 Å². The van der Waals surface area contributed by atoms with E-state index in [1.54, 1.807) is 0 Å². The normalized spacial score (nSPS) is 16.4. The molecule has 27 heavy (non-hydrogen) atoms. The van der Waals surface area contributed by atoms with E-state index in [2.05, 4.69) is 66.4 Å². The van der Waals surface area contributed by atoms with Crippen molar-refractivity contribution < 1.29 is 0 Å². The van der Waals surface area contributed by atoms with E-state index < -0.39 is 0 Å². The van der Waals surface area contributed by atoms with Crippen molar-refractivity contribution in [2.45, 2.75) is 104 Å². The predicted molar refractivity (Wildman–Crippen MR) is 118 cm³/mol. The van der Waals surface area contributed by atoms with Crippen LogP contribution in [-0.4, -0.2) is 22.5 Å². The van der Waals surface area contributed by atoms with Gasteiger partial charge in [0.15, 0.2) is 0 Å². The van der Waals surface area contributed by atoms with E-state index in [9.17, 15) is 0 Å². The molecule has 0 aliphatic carbocycles. The first-order valence-corrected chi connectivity index (χ1v) is 11.6. The van der Waals surface area contributed by atoms with Gasteiger partial charge in [0, 0.05) is 25.5 Å². The van der Waals surface area contributed by atoms with Gasteiger partial charge in [0.1, 0.15) is 6.17 Å². The minimum absolute atomic E-state index is 0.557. The molecule has 152 valence electrons. The van der Waals surface area contributed by atoms with Crippen molar-refractivity contribution in [3.8, 4) is 0 Å². The SMILES string of the molecule is CCCCCCCCCCCC1N(CCCC)C=CN1Cc1ccccc1. The molecule has 2 heteroatoms. The standard InChI is InChI=1S/C25H42N2/c1-3-5-7-8-9-10-11-12-16-19-25-26(20-6-4-2)21-22-27(25)23-24-17-14-13-15-18-24/h13-15,17-18,21-22,25H,3-12,16,19-20,23H2,1-2H3. The van der Waals surface area contributed by atoms with Crippen LogP contribution in [0.1, 0.15) is 96.5 Å². The quantitative estimate of drug-likeness (QED) is 0.298. The van der Waals surface area contributed by atoms with Gasteiger partial charge in [0.05, 0.1) is 0 Å². The Balaban J connectivity index is 1.71. The van der Waals surface area contributed by atoms with Crippen LogP contribution in [0.3, 0.4) is 0 Å². The van der Waals surface area contributed by atoms with Crippen LogP contribution in [0.2, 0.25) is 0 Å². The van der Waals surface area contributed by atoms with E-state index in [0.29, 0.717) is 6.17 Å². The Morgan fingerprint density at radius 2 is 1.26 bits per heavy atom. The molecule has 0 spiro atoms. The Bertz CT molecular complexity index is 496. The summed E-state index contributed by atoms with van der Waals surface area (Å²) in [7, 11) is 0. The molecule has 2 rings (SSSR count). The maximum atomic E-state index is 2.58. The number of nitrogens with zero attached hydrogens (tertiary/aromatic N) is 2. The van der Waals surface area contributed by atoms with Gasteiger partial charge in [0.2, 0.25) is 0 Å². The van der Waals surface area contributed by atoms with Crippen molar-refractivity contribution in [2.24, 2.45) is 0 Å². The molecule has 0 saturated carbocycles. The maximum Gasteiger partial charge on any atom is 0.101 e. The highest BCUT2D eigenvalue weighted by molar-refractivity contribution is 5.15. The topological polar surface area (TPSA) is 6.48 Å². The van der Waals surface area contributed by atoms with Gasteiger partial charge < -0.3 is 9.80 Å². The van der Waals surface area contributed by atoms with Crippen molar-refractivity contribution in [3.05, 3.63) is 48.3 Å². The first-order valence-electron chi connectivity index (χ1n) is 11.6. The highest BCUT2D eigenvalue weighted by atomic mass is 15.4. The van der Waals surface area contributed by atoms with E-state index in [1.807, 2.05) is 0 Å². The molecule has 1 aromatic carbocycles. The number of benzene rings is 1. The zero-order valence-corrected chi connectivity index (χ0v) is 17.9. The molecule has 0 bridgehead atoms. The number of rotatable bonds is 15. The fourth-order valence-electron chi connectivity index (χ4n) is 4.05. The lowest BCUT2D eigenvalue weighted by atomic mass is 10.1. The molecular formula is C25H42N2. The molecule has 1 aliphatic heterocycles. The minimum Gasteiger partial charge on any atom is -0.356 e. The first-order chi connectivity index (χ1) is 13.3. The molecule has 0 aromatic heterocycles. The Kier molecular flexibility index (Phi) is 11.1. The Morgan fingerprint density at radius 3 is 1.93 bits per heavy atom. The third-order valence-electron chi connectivity index (χ3n) is 5.76. The lowest BCUT2D eigenvalue weighted by molar-refractivity contribution is 0.132. The summed E-state index contributed by atoms with van der Waals surface area (Å²) >= 11 is 0. The average molecular weight is 371 g/mol. The molecular weight excluding hydrogens is 328 g/mol. The molecule has 0 amide bonds. The van der Waals surface area contributed by atoms with Crippen molar-refractivity contribution >= 4 is 0 Å². The van der Waals surface area contributed by atoms with Crippen LogP contribution >= 0.6 is 0 Å². The first kappa shape index (κ1) is 21.9. The van der Waals surface area contributed by atoms with Gasteiger partial charge >= 0.3 is 0 Å². The summed E-state index contributed by atoms with van der Waals surface area (Å²) in [4.78, 5) is 5.13. The molecule has 0 radical (unpaired) electrons. The largest absolute Gasteiger partial charge is 0.356 e. The summed E-state index contributed by atoms with van der Waals surface area (Å²) < 4.78 is 0. The van der Waals surface area contributed by atoms with Crippen LogP contribution < -0.4 is 0 Å². The molecule has 1 atom stereocenters. The number of unbranched alkanes of at least 4 members (excludes halogenated alkanes) is 9. The number of hydrogen-bond donors (Lipinski definition) is 0. The van der Waals surface area contributed by atoms with Gasteiger partial charge in [-0.25, -0.2) is 0 Å². The summed E-state index contributed by atoms with van der Waals surface area (Å²) in [5.74, 6) is 0. The third-order valence-corrected chi connectivity index (χ3v) is 5.76. The molecule has 1 aliphatic rings. The van der Waals surface area contributed by atoms with E-state index >= 15 is 0 Å². The van der Waals surface area contributed by atoms with Crippen molar-refractivity contribution in [1.82, 2.24) is 9.80 Å². The lowest BCUT2D eigenvalue weighted by Crippen LogP contribution is -2.38. The fraction of sp³-hybridized carbons (Fsp3) is 0.680. The summed E-state index contributed by atoms with van der Waals surface area (Å²) in [6, 6.07) is 10.9. The molecule has 0 fully saturated rings. The molecule has 0 N–H and O–H groups in total. The zero-order chi connectivity index (χ0) is 19.2. The van der Waals surface area contributed by atoms with Crippen LogP contribution in [-0.2, 0) is 6.54 Å². The molecule has 2 nitrogen and oxygen atoms in total. The van der Waals surface area contributed by atoms with E-state index in [4.69, 9.17) is 0 Å². The summed E-state index contributed by atoms with van der Waals surface area (Å²) in [6.45, 7) is 6.81. The zero-order valence-electron chi connectivity index (χ0n) is 17.9. The van der Waals surface area contributed by atoms with Crippen LogP contribution in [0.4, 0.5) is 0 Å². The van der Waals surface area contributed by atoms with Crippen molar-refractivity contribution in [3.63, 3.8) is 0 Å². The van der Waals surface area contributed by atoms with E-state index in [0.717, 1.165) is 6.54 Å². The van der Waals surface area contributed by atoms with Gasteiger partial charge in [0.25, 0.3) is 0 Å². The van der Waals surface area contributed by atoms with E-state index in [1.165, 1.54) is 89.2 Å². The Morgan fingerprint density at radius 1 is 0.667 bits per heavy atom. The van der Waals surface area contributed by atoms with Gasteiger partial charge in [-0.3, -0.25) is 0 Å². The van der Waals surface area contributed by atoms with Crippen LogP contribution in [0.25, 0.3) is 0 Å². The minimum atomic E-state index is 0.557. The van der Waals surface area contributed by atoms with Crippen molar-refractivity contribution in [2.75, 3.05) is 6.54 Å². The van der Waals surface area contributed by atoms with Gasteiger partial charge in [-0.15, -0.1) is 0 Å². The van der Waals surface area contributed by atoms with E-state index in [-0.39, 0.29) is 0 Å². The second-order valence-corrected chi connectivity index (χ2v) is 8.15. The maximum absolute atomic E-state index is 2.58. The third kappa shape index (κ3) is 8.41. The molecule has 1 unspecified atom stereocenters. The lowest BCUT2D eigenvalue weighted by Gasteiger charge is -2.33. The summed E-state index contributed by atoms with van der Waals surface area (Å²) in [5, 5.41) is 0. The Hall–Kier alpha value is -1.44. The summed E-state index contributed by atoms with van der Waals surface area (Å²) in [5.41, 5.74) is 1.41. The number of hydrogen-bond acceptors (Lipinski definition) is 2. The fourth-order valence-corrected chi connectivity index (χ4v) is 4.05. The highest BCUT2D eigenvalue weighted by Gasteiger charge is 2.25. The smallest absolute Gasteiger partial charge is 0.101 e. The van der Waals surface area contributed by atoms with Crippen LogP contribution in [0.5, 0.6) is 0 Å². The predicted octanol–water partition coefficient (Wildman–Crippen LogP) is 7.32. The van der Waals surface area contributed by atoms with Crippen molar-refractivity contribution in [1.29, 1.82) is 0 Å². The average Bonchev–Trinajstić information content (AvgIpc) is 3.07. The van der Waals surface area contributed by atoms with Gasteiger partial charge in [-0.2, -0.15) is 0 Å².